The molecule has 0 atom stereocenters. The van der Waals surface area contributed by atoms with Gasteiger partial charge in [0.15, 0.2) is 0 Å². The molecule has 3 rings (SSSR count). The number of piperazine rings is 1. The number of carbonyl (C=O) groups excluding carboxylic acids is 2. The molecule has 1 aliphatic rings. The van der Waals surface area contributed by atoms with E-state index in [1.54, 1.807) is 29.2 Å². The second kappa shape index (κ2) is 8.49. The second-order valence-corrected chi connectivity index (χ2v) is 6.45. The van der Waals surface area contributed by atoms with Crippen LogP contribution >= 0.6 is 0 Å². The molecule has 2 aromatic rings. The van der Waals surface area contributed by atoms with Gasteiger partial charge in [-0.1, -0.05) is 36.4 Å². The number of nitrogen functional groups attached to an aromatic ring is 1. The van der Waals surface area contributed by atoms with E-state index in [2.05, 4.69) is 22.3 Å². The lowest BCUT2D eigenvalue weighted by Crippen LogP contribution is -2.50. The van der Waals surface area contributed by atoms with Crippen molar-refractivity contribution in [2.75, 3.05) is 38.5 Å². The average Bonchev–Trinajstić information content (AvgIpc) is 2.67. The third-order valence-corrected chi connectivity index (χ3v) is 4.52. The molecule has 0 aromatic heterocycles. The Bertz CT molecular complexity index is 755. The molecule has 6 heteroatoms. The SMILES string of the molecule is Nc1cccc(C(=O)NCC(=O)N2CCN(Cc3ccccc3)CC2)c1. The van der Waals surface area contributed by atoms with Gasteiger partial charge in [0, 0.05) is 44.0 Å². The van der Waals surface area contributed by atoms with E-state index in [-0.39, 0.29) is 18.4 Å². The van der Waals surface area contributed by atoms with E-state index in [4.69, 9.17) is 5.73 Å². The zero-order valence-electron chi connectivity index (χ0n) is 14.7. The molecule has 1 saturated heterocycles. The maximum Gasteiger partial charge on any atom is 0.251 e. The highest BCUT2D eigenvalue weighted by Gasteiger charge is 2.21. The van der Waals surface area contributed by atoms with Crippen molar-refractivity contribution in [2.24, 2.45) is 0 Å². The molecule has 136 valence electrons. The zero-order chi connectivity index (χ0) is 18.4. The minimum absolute atomic E-state index is 0.00627. The molecule has 26 heavy (non-hydrogen) atoms. The van der Waals surface area contributed by atoms with E-state index >= 15 is 0 Å². The predicted molar refractivity (Wildman–Crippen MR) is 101 cm³/mol. The highest BCUT2D eigenvalue weighted by molar-refractivity contribution is 5.97. The Morgan fingerprint density at radius 1 is 0.962 bits per heavy atom. The van der Waals surface area contributed by atoms with Crippen molar-refractivity contribution in [3.63, 3.8) is 0 Å². The number of hydrogen-bond donors (Lipinski definition) is 2. The van der Waals surface area contributed by atoms with Gasteiger partial charge in [0.2, 0.25) is 5.91 Å². The maximum absolute atomic E-state index is 12.3. The summed E-state index contributed by atoms with van der Waals surface area (Å²) in [6.45, 7) is 3.94. The smallest absolute Gasteiger partial charge is 0.251 e. The first kappa shape index (κ1) is 17.9. The van der Waals surface area contributed by atoms with Gasteiger partial charge in [0.1, 0.15) is 0 Å². The van der Waals surface area contributed by atoms with Gasteiger partial charge in [-0.2, -0.15) is 0 Å². The van der Waals surface area contributed by atoms with E-state index in [0.717, 1.165) is 19.6 Å². The number of amides is 2. The van der Waals surface area contributed by atoms with Crippen molar-refractivity contribution in [3.8, 4) is 0 Å². The lowest BCUT2D eigenvalue weighted by Gasteiger charge is -2.34. The van der Waals surface area contributed by atoms with Gasteiger partial charge in [-0.25, -0.2) is 0 Å². The van der Waals surface area contributed by atoms with Crippen molar-refractivity contribution < 1.29 is 9.59 Å². The van der Waals surface area contributed by atoms with E-state index in [9.17, 15) is 9.59 Å². The summed E-state index contributed by atoms with van der Waals surface area (Å²) >= 11 is 0. The van der Waals surface area contributed by atoms with Crippen LogP contribution < -0.4 is 11.1 Å². The van der Waals surface area contributed by atoms with E-state index in [1.807, 2.05) is 18.2 Å². The fraction of sp³-hybridized carbons (Fsp3) is 0.300. The summed E-state index contributed by atoms with van der Waals surface area (Å²) in [5.41, 5.74) is 7.95. The Labute approximate surface area is 153 Å². The number of anilines is 1. The van der Waals surface area contributed by atoms with E-state index in [0.29, 0.717) is 24.3 Å². The highest BCUT2D eigenvalue weighted by Crippen LogP contribution is 2.09. The molecule has 0 radical (unpaired) electrons. The van der Waals surface area contributed by atoms with Gasteiger partial charge in [-0.15, -0.1) is 0 Å². The van der Waals surface area contributed by atoms with Crippen molar-refractivity contribution in [2.45, 2.75) is 6.54 Å². The Hall–Kier alpha value is -2.86. The molecular weight excluding hydrogens is 328 g/mol. The standard InChI is InChI=1S/C20H24N4O2/c21-18-8-4-7-17(13-18)20(26)22-14-19(25)24-11-9-23(10-12-24)15-16-5-2-1-3-6-16/h1-8,13H,9-12,14-15,21H2,(H,22,26). The summed E-state index contributed by atoms with van der Waals surface area (Å²) in [5, 5.41) is 2.67. The summed E-state index contributed by atoms with van der Waals surface area (Å²) < 4.78 is 0. The maximum atomic E-state index is 12.3. The first-order valence-corrected chi connectivity index (χ1v) is 8.79. The van der Waals surface area contributed by atoms with Crippen molar-refractivity contribution in [1.82, 2.24) is 15.1 Å². The van der Waals surface area contributed by atoms with Gasteiger partial charge in [0.25, 0.3) is 5.91 Å². The molecule has 0 bridgehead atoms. The molecular formula is C20H24N4O2. The van der Waals surface area contributed by atoms with Crippen molar-refractivity contribution in [1.29, 1.82) is 0 Å². The molecule has 1 heterocycles. The molecule has 0 saturated carbocycles. The van der Waals surface area contributed by atoms with Crippen LogP contribution in [0.4, 0.5) is 5.69 Å². The minimum Gasteiger partial charge on any atom is -0.399 e. The van der Waals surface area contributed by atoms with Crippen LogP contribution in [0.5, 0.6) is 0 Å². The van der Waals surface area contributed by atoms with Gasteiger partial charge < -0.3 is 16.0 Å². The molecule has 2 aromatic carbocycles. The van der Waals surface area contributed by atoms with Crippen molar-refractivity contribution >= 4 is 17.5 Å². The lowest BCUT2D eigenvalue weighted by molar-refractivity contribution is -0.131. The quantitative estimate of drug-likeness (QED) is 0.796. The average molecular weight is 352 g/mol. The number of nitrogens with one attached hydrogen (secondary N) is 1. The molecule has 0 aliphatic carbocycles. The van der Waals surface area contributed by atoms with Crippen LogP contribution in [0.1, 0.15) is 15.9 Å². The van der Waals surface area contributed by atoms with Crippen LogP contribution in [0.15, 0.2) is 54.6 Å². The zero-order valence-corrected chi connectivity index (χ0v) is 14.7. The number of benzene rings is 2. The first-order chi connectivity index (χ1) is 12.6. The Morgan fingerprint density at radius 3 is 2.38 bits per heavy atom. The number of nitrogens with zero attached hydrogens (tertiary/aromatic N) is 2. The third kappa shape index (κ3) is 4.83. The van der Waals surface area contributed by atoms with Crippen LogP contribution in [-0.2, 0) is 11.3 Å². The predicted octanol–water partition coefficient (Wildman–Crippen LogP) is 1.34. The largest absolute Gasteiger partial charge is 0.399 e. The Balaban J connectivity index is 1.43. The van der Waals surface area contributed by atoms with Gasteiger partial charge in [-0.05, 0) is 23.8 Å². The Kier molecular flexibility index (Phi) is 5.86. The second-order valence-electron chi connectivity index (χ2n) is 6.45. The molecule has 0 spiro atoms. The van der Waals surface area contributed by atoms with E-state index < -0.39 is 0 Å². The summed E-state index contributed by atoms with van der Waals surface area (Å²) in [6, 6.07) is 17.0. The summed E-state index contributed by atoms with van der Waals surface area (Å²) in [5.74, 6) is -0.338. The van der Waals surface area contributed by atoms with Crippen LogP contribution in [-0.4, -0.2) is 54.3 Å². The van der Waals surface area contributed by atoms with Crippen LogP contribution in [0, 0.1) is 0 Å². The van der Waals surface area contributed by atoms with Crippen LogP contribution in [0.2, 0.25) is 0 Å². The third-order valence-electron chi connectivity index (χ3n) is 4.52. The fourth-order valence-electron chi connectivity index (χ4n) is 3.05. The summed E-state index contributed by atoms with van der Waals surface area (Å²) in [4.78, 5) is 28.6. The first-order valence-electron chi connectivity index (χ1n) is 8.79. The highest BCUT2D eigenvalue weighted by atomic mass is 16.2. The number of carbonyl (C=O) groups is 2. The van der Waals surface area contributed by atoms with Gasteiger partial charge in [-0.3, -0.25) is 14.5 Å². The van der Waals surface area contributed by atoms with Gasteiger partial charge >= 0.3 is 0 Å². The number of nitrogens with two attached hydrogens (primary N) is 1. The Morgan fingerprint density at radius 2 is 1.69 bits per heavy atom. The van der Waals surface area contributed by atoms with Gasteiger partial charge in [0.05, 0.1) is 6.54 Å². The topological polar surface area (TPSA) is 78.7 Å². The minimum atomic E-state index is -0.284. The fourth-order valence-corrected chi connectivity index (χ4v) is 3.05. The lowest BCUT2D eigenvalue weighted by atomic mass is 10.2. The van der Waals surface area contributed by atoms with Crippen LogP contribution in [0.3, 0.4) is 0 Å². The normalized spacial score (nSPS) is 14.8. The molecule has 1 aliphatic heterocycles. The monoisotopic (exact) mass is 352 g/mol. The molecule has 2 amide bonds. The molecule has 3 N–H and O–H groups in total. The molecule has 1 fully saturated rings. The molecule has 6 nitrogen and oxygen atoms in total. The van der Waals surface area contributed by atoms with Crippen LogP contribution in [0.25, 0.3) is 0 Å². The number of rotatable bonds is 5. The molecule has 0 unspecified atom stereocenters. The summed E-state index contributed by atoms with van der Waals surface area (Å²) in [6.07, 6.45) is 0. The van der Waals surface area contributed by atoms with Crippen molar-refractivity contribution in [3.05, 3.63) is 65.7 Å². The summed E-state index contributed by atoms with van der Waals surface area (Å²) in [7, 11) is 0. The number of hydrogen-bond acceptors (Lipinski definition) is 4. The van der Waals surface area contributed by atoms with E-state index in [1.165, 1.54) is 5.56 Å².